The molecule has 0 bridgehead atoms. The Bertz CT molecular complexity index is 189. The highest BCUT2D eigenvalue weighted by atomic mass is 15.0. The molecule has 96 valence electrons. The number of allylic oxidation sites excluding steroid dienone is 2. The first-order chi connectivity index (χ1) is 7.45. The highest BCUT2D eigenvalue weighted by molar-refractivity contribution is 4.94. The van der Waals surface area contributed by atoms with Crippen molar-refractivity contribution in [3.8, 4) is 0 Å². The van der Waals surface area contributed by atoms with E-state index in [1.165, 1.54) is 24.8 Å². The van der Waals surface area contributed by atoms with Crippen molar-refractivity contribution in [2.24, 2.45) is 0 Å². The lowest BCUT2D eigenvalue weighted by Gasteiger charge is -2.20. The number of rotatable bonds is 8. The zero-order valence-electron chi connectivity index (χ0n) is 11.8. The second kappa shape index (κ2) is 8.77. The number of nitrogens with one attached hydrogen (secondary N) is 2. The van der Waals surface area contributed by atoms with Crippen LogP contribution in [0.25, 0.3) is 0 Å². The maximum Gasteiger partial charge on any atom is 0.00970 e. The molecule has 0 rings (SSSR count). The van der Waals surface area contributed by atoms with Gasteiger partial charge in [0, 0.05) is 18.6 Å². The Labute approximate surface area is 102 Å². The molecule has 0 heterocycles. The molecule has 2 N–H and O–H groups in total. The maximum absolute atomic E-state index is 3.47. The second-order valence-electron chi connectivity index (χ2n) is 5.52. The fraction of sp³-hybridized carbons (Fsp3) is 0.857. The number of hydrogen-bond acceptors (Lipinski definition) is 2. The van der Waals surface area contributed by atoms with Gasteiger partial charge in [0.05, 0.1) is 0 Å². The van der Waals surface area contributed by atoms with E-state index in [0.717, 1.165) is 19.6 Å². The molecule has 0 aromatic carbocycles. The summed E-state index contributed by atoms with van der Waals surface area (Å²) in [4.78, 5) is 0. The molecule has 0 unspecified atom stereocenters. The van der Waals surface area contributed by atoms with Crippen LogP contribution in [-0.4, -0.2) is 25.2 Å². The van der Waals surface area contributed by atoms with Crippen LogP contribution < -0.4 is 10.6 Å². The normalized spacial score (nSPS) is 13.2. The van der Waals surface area contributed by atoms with Gasteiger partial charge in [-0.3, -0.25) is 0 Å². The second-order valence-corrected chi connectivity index (χ2v) is 5.52. The molecule has 0 spiro atoms. The van der Waals surface area contributed by atoms with Crippen LogP contribution in [0.3, 0.4) is 0 Å². The molecular weight excluding hydrogens is 196 g/mol. The Morgan fingerprint density at radius 1 is 1.06 bits per heavy atom. The van der Waals surface area contributed by atoms with Gasteiger partial charge in [0.15, 0.2) is 0 Å². The molecule has 0 aromatic heterocycles. The minimum absolute atomic E-state index is 0.241. The van der Waals surface area contributed by atoms with Gasteiger partial charge in [0.1, 0.15) is 0 Å². The van der Waals surface area contributed by atoms with Gasteiger partial charge < -0.3 is 10.6 Å². The van der Waals surface area contributed by atoms with Gasteiger partial charge in [-0.2, -0.15) is 0 Å². The molecule has 0 aliphatic carbocycles. The summed E-state index contributed by atoms with van der Waals surface area (Å²) in [5, 5.41) is 6.94. The minimum atomic E-state index is 0.241. The van der Waals surface area contributed by atoms with Crippen LogP contribution in [0.1, 0.15) is 53.9 Å². The molecule has 0 amide bonds. The summed E-state index contributed by atoms with van der Waals surface area (Å²) in [7, 11) is 0. The number of hydrogen-bond donors (Lipinski definition) is 2. The fourth-order valence-electron chi connectivity index (χ4n) is 1.45. The maximum atomic E-state index is 3.47. The highest BCUT2D eigenvalue weighted by Gasteiger charge is 2.06. The van der Waals surface area contributed by atoms with Gasteiger partial charge in [-0.15, -0.1) is 0 Å². The first-order valence-electron chi connectivity index (χ1n) is 6.53. The topological polar surface area (TPSA) is 24.1 Å². The molecule has 0 radical (unpaired) electrons. The van der Waals surface area contributed by atoms with Crippen molar-refractivity contribution in [1.29, 1.82) is 0 Å². The van der Waals surface area contributed by atoms with E-state index in [2.05, 4.69) is 51.3 Å². The SMILES string of the molecule is C/C=C(/C)CCCCNCCNC(C)(C)C. The average Bonchev–Trinajstić information content (AvgIpc) is 2.20. The van der Waals surface area contributed by atoms with Crippen molar-refractivity contribution < 1.29 is 0 Å². The molecule has 0 saturated heterocycles. The zero-order chi connectivity index (χ0) is 12.4. The molecular formula is C14H30N2. The lowest BCUT2D eigenvalue weighted by molar-refractivity contribution is 0.421. The Morgan fingerprint density at radius 2 is 1.75 bits per heavy atom. The summed E-state index contributed by atoms with van der Waals surface area (Å²) < 4.78 is 0. The first kappa shape index (κ1) is 15.7. The molecule has 0 aromatic rings. The molecule has 2 nitrogen and oxygen atoms in total. The quantitative estimate of drug-likeness (QED) is 0.491. The van der Waals surface area contributed by atoms with Crippen LogP contribution in [0, 0.1) is 0 Å². The fourth-order valence-corrected chi connectivity index (χ4v) is 1.45. The van der Waals surface area contributed by atoms with Crippen LogP contribution in [-0.2, 0) is 0 Å². The van der Waals surface area contributed by atoms with Gasteiger partial charge in [0.25, 0.3) is 0 Å². The van der Waals surface area contributed by atoms with Crippen LogP contribution in [0.2, 0.25) is 0 Å². The van der Waals surface area contributed by atoms with E-state index in [9.17, 15) is 0 Å². The molecule has 0 atom stereocenters. The summed E-state index contributed by atoms with van der Waals surface area (Å²) >= 11 is 0. The van der Waals surface area contributed by atoms with E-state index in [0.29, 0.717) is 0 Å². The van der Waals surface area contributed by atoms with Crippen LogP contribution in [0.5, 0.6) is 0 Å². The van der Waals surface area contributed by atoms with Crippen molar-refractivity contribution in [2.45, 2.75) is 59.4 Å². The minimum Gasteiger partial charge on any atom is -0.315 e. The third-order valence-electron chi connectivity index (χ3n) is 2.62. The summed E-state index contributed by atoms with van der Waals surface area (Å²) in [6, 6.07) is 0. The van der Waals surface area contributed by atoms with Crippen molar-refractivity contribution in [1.82, 2.24) is 10.6 Å². The average molecular weight is 226 g/mol. The first-order valence-corrected chi connectivity index (χ1v) is 6.53. The van der Waals surface area contributed by atoms with E-state index in [1.807, 2.05) is 0 Å². The Kier molecular flexibility index (Phi) is 8.58. The van der Waals surface area contributed by atoms with Crippen LogP contribution >= 0.6 is 0 Å². The summed E-state index contributed by atoms with van der Waals surface area (Å²) in [6.45, 7) is 14.2. The lowest BCUT2D eigenvalue weighted by atomic mass is 10.1. The smallest absolute Gasteiger partial charge is 0.00970 e. The molecule has 2 heteroatoms. The van der Waals surface area contributed by atoms with E-state index in [4.69, 9.17) is 0 Å². The largest absolute Gasteiger partial charge is 0.315 e. The Hall–Kier alpha value is -0.340. The van der Waals surface area contributed by atoms with Crippen LogP contribution in [0.4, 0.5) is 0 Å². The molecule has 0 aliphatic rings. The van der Waals surface area contributed by atoms with Gasteiger partial charge >= 0.3 is 0 Å². The Morgan fingerprint density at radius 3 is 2.31 bits per heavy atom. The van der Waals surface area contributed by atoms with Gasteiger partial charge in [-0.25, -0.2) is 0 Å². The predicted octanol–water partition coefficient (Wildman–Crippen LogP) is 3.10. The molecule has 0 aliphatic heterocycles. The van der Waals surface area contributed by atoms with E-state index in [-0.39, 0.29) is 5.54 Å². The van der Waals surface area contributed by atoms with Gasteiger partial charge in [-0.05, 0) is 60.4 Å². The highest BCUT2D eigenvalue weighted by Crippen LogP contribution is 2.04. The van der Waals surface area contributed by atoms with Gasteiger partial charge in [0.2, 0.25) is 0 Å². The zero-order valence-corrected chi connectivity index (χ0v) is 11.8. The molecule has 0 saturated carbocycles. The lowest BCUT2D eigenvalue weighted by Crippen LogP contribution is -2.40. The Balaban J connectivity index is 3.16. The predicted molar refractivity (Wildman–Crippen MR) is 73.9 cm³/mol. The van der Waals surface area contributed by atoms with Crippen molar-refractivity contribution in [3.63, 3.8) is 0 Å². The number of unbranched alkanes of at least 4 members (excludes halogenated alkanes) is 1. The summed E-state index contributed by atoms with van der Waals surface area (Å²) in [5.74, 6) is 0. The molecule has 16 heavy (non-hydrogen) atoms. The van der Waals surface area contributed by atoms with E-state index < -0.39 is 0 Å². The summed E-state index contributed by atoms with van der Waals surface area (Å²) in [6.07, 6.45) is 6.04. The van der Waals surface area contributed by atoms with Crippen LogP contribution in [0.15, 0.2) is 11.6 Å². The van der Waals surface area contributed by atoms with Crippen molar-refractivity contribution >= 4 is 0 Å². The monoisotopic (exact) mass is 226 g/mol. The van der Waals surface area contributed by atoms with Gasteiger partial charge in [-0.1, -0.05) is 11.6 Å². The third-order valence-corrected chi connectivity index (χ3v) is 2.62. The van der Waals surface area contributed by atoms with Crippen molar-refractivity contribution in [2.75, 3.05) is 19.6 Å². The molecule has 0 fully saturated rings. The van der Waals surface area contributed by atoms with Crippen molar-refractivity contribution in [3.05, 3.63) is 11.6 Å². The summed E-state index contributed by atoms with van der Waals surface area (Å²) in [5.41, 5.74) is 1.75. The van der Waals surface area contributed by atoms with E-state index >= 15 is 0 Å². The standard InChI is InChI=1S/C14H30N2/c1-6-13(2)9-7-8-10-15-11-12-16-14(3,4)5/h6,15-16H,7-12H2,1-5H3/b13-6-. The van der Waals surface area contributed by atoms with E-state index in [1.54, 1.807) is 0 Å². The third kappa shape index (κ3) is 11.7.